The van der Waals surface area contributed by atoms with Gasteiger partial charge in [-0.1, -0.05) is 41.9 Å². The maximum absolute atomic E-state index is 6.42. The third-order valence-electron chi connectivity index (χ3n) is 2.97. The normalized spacial score (nSPS) is 10.8. The van der Waals surface area contributed by atoms with Gasteiger partial charge in [-0.05, 0) is 21.5 Å². The van der Waals surface area contributed by atoms with Crippen LogP contribution in [0.3, 0.4) is 0 Å². The highest BCUT2D eigenvalue weighted by Crippen LogP contribution is 2.43. The van der Waals surface area contributed by atoms with E-state index in [2.05, 4.69) is 20.9 Å². The van der Waals surface area contributed by atoms with E-state index in [-0.39, 0.29) is 0 Å². The third kappa shape index (κ3) is 3.00. The van der Waals surface area contributed by atoms with Crippen molar-refractivity contribution in [1.82, 2.24) is 4.98 Å². The van der Waals surface area contributed by atoms with Gasteiger partial charge in [-0.2, -0.15) is 0 Å². The molecule has 108 valence electrons. The molecule has 0 aliphatic carbocycles. The van der Waals surface area contributed by atoms with Gasteiger partial charge in [0.2, 0.25) is 0 Å². The van der Waals surface area contributed by atoms with Crippen LogP contribution in [0.4, 0.5) is 0 Å². The van der Waals surface area contributed by atoms with Crippen molar-refractivity contribution < 1.29 is 9.47 Å². The molecule has 0 aliphatic rings. The second-order valence-electron chi connectivity index (χ2n) is 4.31. The van der Waals surface area contributed by atoms with Gasteiger partial charge in [0.05, 0.1) is 11.8 Å². The Kier molecular flexibility index (Phi) is 4.33. The van der Waals surface area contributed by atoms with Crippen molar-refractivity contribution in [3.8, 4) is 11.5 Å². The Morgan fingerprint density at radius 2 is 2.00 bits per heavy atom. The fourth-order valence-electron chi connectivity index (χ4n) is 1.97. The van der Waals surface area contributed by atoms with Gasteiger partial charge >= 0.3 is 0 Å². The lowest BCUT2D eigenvalue weighted by molar-refractivity contribution is 0.304. The van der Waals surface area contributed by atoms with Crippen LogP contribution in [0.15, 0.2) is 40.3 Å². The summed E-state index contributed by atoms with van der Waals surface area (Å²) in [4.78, 5) is 4.37. The summed E-state index contributed by atoms with van der Waals surface area (Å²) < 4.78 is 12.8. The van der Waals surface area contributed by atoms with Crippen LogP contribution in [-0.4, -0.2) is 12.1 Å². The van der Waals surface area contributed by atoms with E-state index in [9.17, 15) is 0 Å². The van der Waals surface area contributed by atoms with Crippen molar-refractivity contribution in [2.75, 3.05) is 7.11 Å². The molecule has 2 aromatic carbocycles. The molecule has 0 radical (unpaired) electrons. The maximum atomic E-state index is 6.42. The molecule has 3 aromatic rings. The summed E-state index contributed by atoms with van der Waals surface area (Å²) in [6.07, 6.45) is 0. The number of fused-ring (bicyclic) bond motifs is 1. The lowest BCUT2D eigenvalue weighted by Crippen LogP contribution is -1.96. The second kappa shape index (κ2) is 6.22. The molecule has 3 nitrogen and oxygen atoms in total. The van der Waals surface area contributed by atoms with Crippen molar-refractivity contribution in [2.24, 2.45) is 0 Å². The monoisotopic (exact) mass is 383 g/mol. The van der Waals surface area contributed by atoms with Gasteiger partial charge in [-0.25, -0.2) is 4.98 Å². The van der Waals surface area contributed by atoms with Gasteiger partial charge in [0.25, 0.3) is 0 Å². The number of nitrogens with zero attached hydrogens (tertiary/aromatic N) is 1. The van der Waals surface area contributed by atoms with Crippen molar-refractivity contribution in [2.45, 2.75) is 6.61 Å². The van der Waals surface area contributed by atoms with Gasteiger partial charge in [-0.3, -0.25) is 0 Å². The number of hydrogen-bond donors (Lipinski definition) is 0. The number of thiazole rings is 1. The quantitative estimate of drug-likeness (QED) is 0.611. The summed E-state index contributed by atoms with van der Waals surface area (Å²) in [7, 11) is 1.61. The third-order valence-corrected chi connectivity index (χ3v) is 4.98. The van der Waals surface area contributed by atoms with Gasteiger partial charge < -0.3 is 9.47 Å². The lowest BCUT2D eigenvalue weighted by atomic mass is 10.2. The summed E-state index contributed by atoms with van der Waals surface area (Å²) in [5.41, 5.74) is 1.82. The highest BCUT2D eigenvalue weighted by atomic mass is 79.9. The molecule has 0 spiro atoms. The minimum atomic E-state index is 0.454. The molecule has 1 aromatic heterocycles. The van der Waals surface area contributed by atoms with E-state index >= 15 is 0 Å². The summed E-state index contributed by atoms with van der Waals surface area (Å²) in [6.45, 7) is 0.454. The van der Waals surface area contributed by atoms with Gasteiger partial charge in [0.1, 0.15) is 28.6 Å². The summed E-state index contributed by atoms with van der Waals surface area (Å²) >= 11 is 11.3. The first kappa shape index (κ1) is 14.6. The van der Waals surface area contributed by atoms with Crippen molar-refractivity contribution in [1.29, 1.82) is 0 Å². The first-order valence-corrected chi connectivity index (χ1v) is 8.17. The largest absolute Gasteiger partial charge is 0.494 e. The van der Waals surface area contributed by atoms with Crippen LogP contribution in [0.5, 0.6) is 11.5 Å². The maximum Gasteiger partial charge on any atom is 0.160 e. The SMILES string of the molecule is COc1cc(OCc2ccccc2)c(Cl)c2sc(Br)nc12. The Morgan fingerprint density at radius 3 is 2.71 bits per heavy atom. The Balaban J connectivity index is 1.96. The first-order chi connectivity index (χ1) is 10.2. The molecular formula is C15H11BrClNO2S. The van der Waals surface area contributed by atoms with E-state index in [1.54, 1.807) is 13.2 Å². The molecule has 0 atom stereocenters. The molecule has 0 amide bonds. The second-order valence-corrected chi connectivity index (χ2v) is 6.96. The van der Waals surface area contributed by atoms with Crippen LogP contribution < -0.4 is 9.47 Å². The number of halogens is 2. The molecule has 0 fully saturated rings. The van der Waals surface area contributed by atoms with Crippen LogP contribution in [0.25, 0.3) is 10.2 Å². The van der Waals surface area contributed by atoms with Gasteiger partial charge in [0, 0.05) is 6.07 Å². The highest BCUT2D eigenvalue weighted by Gasteiger charge is 2.16. The standard InChI is InChI=1S/C15H11BrClNO2S/c1-19-11-7-10(20-8-9-5-3-2-4-6-9)12(17)14-13(11)18-15(16)21-14/h2-7H,8H2,1H3. The van der Waals surface area contributed by atoms with E-state index in [0.29, 0.717) is 23.1 Å². The zero-order chi connectivity index (χ0) is 14.8. The number of hydrogen-bond acceptors (Lipinski definition) is 4. The number of methoxy groups -OCH3 is 1. The lowest BCUT2D eigenvalue weighted by Gasteiger charge is -2.10. The smallest absolute Gasteiger partial charge is 0.160 e. The first-order valence-electron chi connectivity index (χ1n) is 6.18. The van der Waals surface area contributed by atoms with Crippen LogP contribution in [0, 0.1) is 0 Å². The summed E-state index contributed by atoms with van der Waals surface area (Å²) in [5, 5.41) is 0.560. The van der Waals surface area contributed by atoms with E-state index < -0.39 is 0 Å². The van der Waals surface area contributed by atoms with Crippen molar-refractivity contribution in [3.63, 3.8) is 0 Å². The number of rotatable bonds is 4. The molecule has 21 heavy (non-hydrogen) atoms. The van der Waals surface area contributed by atoms with Gasteiger partial charge in [-0.15, -0.1) is 11.3 Å². The average molecular weight is 385 g/mol. The minimum Gasteiger partial charge on any atom is -0.494 e. The van der Waals surface area contributed by atoms with E-state index in [1.807, 2.05) is 30.3 Å². The van der Waals surface area contributed by atoms with Crippen LogP contribution >= 0.6 is 38.9 Å². The average Bonchev–Trinajstić information content (AvgIpc) is 2.90. The zero-order valence-corrected chi connectivity index (χ0v) is 14.3. The minimum absolute atomic E-state index is 0.454. The molecule has 0 N–H and O–H groups in total. The molecule has 0 saturated carbocycles. The Hall–Kier alpha value is -1.30. The highest BCUT2D eigenvalue weighted by molar-refractivity contribution is 9.11. The Labute approximate surface area is 139 Å². The van der Waals surface area contributed by atoms with Crippen LogP contribution in [0.2, 0.25) is 5.02 Å². The Morgan fingerprint density at radius 1 is 1.24 bits per heavy atom. The number of aromatic nitrogens is 1. The molecular weight excluding hydrogens is 374 g/mol. The number of benzene rings is 2. The molecule has 6 heteroatoms. The van der Waals surface area contributed by atoms with Crippen LogP contribution in [-0.2, 0) is 6.61 Å². The molecule has 0 saturated heterocycles. The fourth-order valence-corrected chi connectivity index (χ4v) is 3.68. The van der Waals surface area contributed by atoms with Crippen LogP contribution in [0.1, 0.15) is 5.56 Å². The fraction of sp³-hybridized carbons (Fsp3) is 0.133. The molecule has 3 rings (SSSR count). The molecule has 0 bridgehead atoms. The topological polar surface area (TPSA) is 31.4 Å². The Bertz CT molecular complexity index is 776. The predicted octanol–water partition coefficient (Wildman–Crippen LogP) is 5.30. The molecule has 1 heterocycles. The van der Waals surface area contributed by atoms with Gasteiger partial charge in [0.15, 0.2) is 3.92 Å². The zero-order valence-electron chi connectivity index (χ0n) is 11.1. The molecule has 0 unspecified atom stereocenters. The van der Waals surface area contributed by atoms with E-state index in [1.165, 1.54) is 11.3 Å². The molecule has 0 aliphatic heterocycles. The number of ether oxygens (including phenoxy) is 2. The van der Waals surface area contributed by atoms with E-state index in [4.69, 9.17) is 21.1 Å². The van der Waals surface area contributed by atoms with Crippen molar-refractivity contribution >= 4 is 49.1 Å². The van der Waals surface area contributed by atoms with Crippen molar-refractivity contribution in [3.05, 3.63) is 50.9 Å². The summed E-state index contributed by atoms with van der Waals surface area (Å²) in [6, 6.07) is 11.7. The summed E-state index contributed by atoms with van der Waals surface area (Å²) in [5.74, 6) is 1.25. The predicted molar refractivity (Wildman–Crippen MR) is 89.7 cm³/mol. The van der Waals surface area contributed by atoms with E-state index in [0.717, 1.165) is 19.7 Å².